The van der Waals surface area contributed by atoms with Gasteiger partial charge in [0.25, 0.3) is 11.6 Å². The lowest BCUT2D eigenvalue weighted by Gasteiger charge is -2.11. The number of amides is 1. The standard InChI is InChI=1S/C18H20N2O6/c1-11-4-5-15(21)13(8-11)18(22)19-7-6-12-9-16(25-2)17(26-3)10-14(12)20(23)24/h4-5,8-10,21H,6-7H2,1-3H3,(H,19,22). The maximum atomic E-state index is 12.2. The number of phenols is 1. The van der Waals surface area contributed by atoms with Crippen LogP contribution in [0.5, 0.6) is 17.2 Å². The quantitative estimate of drug-likeness (QED) is 0.580. The van der Waals surface area contributed by atoms with Crippen molar-refractivity contribution in [3.05, 3.63) is 57.1 Å². The van der Waals surface area contributed by atoms with Gasteiger partial charge in [-0.05, 0) is 31.5 Å². The summed E-state index contributed by atoms with van der Waals surface area (Å²) in [6.07, 6.45) is 0.217. The molecular formula is C18H20N2O6. The monoisotopic (exact) mass is 360 g/mol. The van der Waals surface area contributed by atoms with Crippen molar-refractivity contribution in [2.45, 2.75) is 13.3 Å². The zero-order valence-corrected chi connectivity index (χ0v) is 14.7. The van der Waals surface area contributed by atoms with E-state index in [-0.39, 0.29) is 35.7 Å². The number of methoxy groups -OCH3 is 2. The van der Waals surface area contributed by atoms with E-state index in [4.69, 9.17) is 9.47 Å². The van der Waals surface area contributed by atoms with Crippen LogP contribution in [0.2, 0.25) is 0 Å². The van der Waals surface area contributed by atoms with Crippen molar-refractivity contribution in [2.24, 2.45) is 0 Å². The normalized spacial score (nSPS) is 10.3. The summed E-state index contributed by atoms with van der Waals surface area (Å²) < 4.78 is 10.2. The Hall–Kier alpha value is -3.29. The van der Waals surface area contributed by atoms with E-state index in [0.717, 1.165) is 5.56 Å². The van der Waals surface area contributed by atoms with Crippen LogP contribution < -0.4 is 14.8 Å². The number of aryl methyl sites for hydroxylation is 1. The van der Waals surface area contributed by atoms with Crippen molar-refractivity contribution in [3.8, 4) is 17.2 Å². The van der Waals surface area contributed by atoms with Gasteiger partial charge in [0.05, 0.1) is 30.8 Å². The van der Waals surface area contributed by atoms with E-state index in [1.54, 1.807) is 12.1 Å². The van der Waals surface area contributed by atoms with Crippen molar-refractivity contribution in [1.82, 2.24) is 5.32 Å². The first-order valence-electron chi connectivity index (χ1n) is 7.84. The molecule has 0 heterocycles. The van der Waals surface area contributed by atoms with Crippen LogP contribution in [0.15, 0.2) is 30.3 Å². The second-order valence-electron chi connectivity index (χ2n) is 5.62. The van der Waals surface area contributed by atoms with Crippen LogP contribution in [0.25, 0.3) is 0 Å². The number of aromatic hydroxyl groups is 1. The van der Waals surface area contributed by atoms with Gasteiger partial charge in [-0.2, -0.15) is 0 Å². The van der Waals surface area contributed by atoms with Gasteiger partial charge in [-0.15, -0.1) is 0 Å². The zero-order valence-electron chi connectivity index (χ0n) is 14.7. The van der Waals surface area contributed by atoms with Crippen LogP contribution >= 0.6 is 0 Å². The molecule has 0 bridgehead atoms. The van der Waals surface area contributed by atoms with Gasteiger partial charge < -0.3 is 19.9 Å². The molecule has 0 atom stereocenters. The molecule has 0 aliphatic heterocycles. The summed E-state index contributed by atoms with van der Waals surface area (Å²) in [5, 5.41) is 23.7. The minimum Gasteiger partial charge on any atom is -0.507 e. The summed E-state index contributed by atoms with van der Waals surface area (Å²) in [5.74, 6) is 0.0620. The van der Waals surface area contributed by atoms with E-state index in [0.29, 0.717) is 11.3 Å². The molecule has 2 rings (SSSR count). The lowest BCUT2D eigenvalue weighted by atomic mass is 10.1. The predicted molar refractivity (Wildman–Crippen MR) is 95.1 cm³/mol. The van der Waals surface area contributed by atoms with E-state index >= 15 is 0 Å². The van der Waals surface area contributed by atoms with Gasteiger partial charge in [0.2, 0.25) is 0 Å². The van der Waals surface area contributed by atoms with Crippen LogP contribution in [-0.2, 0) is 6.42 Å². The molecule has 1 amide bonds. The number of hydrogen-bond acceptors (Lipinski definition) is 6. The third-order valence-electron chi connectivity index (χ3n) is 3.86. The molecule has 8 heteroatoms. The predicted octanol–water partition coefficient (Wildman–Crippen LogP) is 2.60. The lowest BCUT2D eigenvalue weighted by molar-refractivity contribution is -0.385. The highest BCUT2D eigenvalue weighted by Gasteiger charge is 2.19. The van der Waals surface area contributed by atoms with Gasteiger partial charge >= 0.3 is 0 Å². The fraction of sp³-hybridized carbons (Fsp3) is 0.278. The number of nitrogens with one attached hydrogen (secondary N) is 1. The van der Waals surface area contributed by atoms with Crippen LogP contribution in [0.3, 0.4) is 0 Å². The fourth-order valence-electron chi connectivity index (χ4n) is 2.52. The number of nitro groups is 1. The number of nitrogens with zero attached hydrogens (tertiary/aromatic N) is 1. The molecule has 0 radical (unpaired) electrons. The Balaban J connectivity index is 2.15. The number of hydrogen-bond donors (Lipinski definition) is 2. The summed E-state index contributed by atoms with van der Waals surface area (Å²) in [7, 11) is 2.84. The molecule has 2 aromatic carbocycles. The Morgan fingerprint density at radius 3 is 2.46 bits per heavy atom. The third kappa shape index (κ3) is 4.21. The molecular weight excluding hydrogens is 340 g/mol. The largest absolute Gasteiger partial charge is 0.507 e. The Morgan fingerprint density at radius 1 is 1.19 bits per heavy atom. The number of carbonyl (C=O) groups excluding carboxylic acids is 1. The minimum absolute atomic E-state index is 0.115. The van der Waals surface area contributed by atoms with E-state index in [1.807, 2.05) is 6.92 Å². The highest BCUT2D eigenvalue weighted by Crippen LogP contribution is 2.34. The first-order chi connectivity index (χ1) is 12.4. The Morgan fingerprint density at radius 2 is 1.85 bits per heavy atom. The highest BCUT2D eigenvalue weighted by molar-refractivity contribution is 5.97. The number of rotatable bonds is 7. The molecule has 0 saturated heterocycles. The van der Waals surface area contributed by atoms with Crippen molar-refractivity contribution < 1.29 is 24.3 Å². The second-order valence-corrected chi connectivity index (χ2v) is 5.62. The smallest absolute Gasteiger partial charge is 0.276 e. The minimum atomic E-state index is -0.508. The van der Waals surface area contributed by atoms with Gasteiger partial charge in [0.1, 0.15) is 5.75 Å². The Bertz CT molecular complexity index is 835. The first kappa shape index (κ1) is 19.0. The van der Waals surface area contributed by atoms with Gasteiger partial charge in [0.15, 0.2) is 11.5 Å². The molecule has 0 aliphatic rings. The summed E-state index contributed by atoms with van der Waals surface area (Å²) >= 11 is 0. The molecule has 26 heavy (non-hydrogen) atoms. The van der Waals surface area contributed by atoms with Crippen LogP contribution in [0, 0.1) is 17.0 Å². The van der Waals surface area contributed by atoms with E-state index in [2.05, 4.69) is 5.32 Å². The number of benzene rings is 2. The molecule has 0 saturated carbocycles. The van der Waals surface area contributed by atoms with Crippen molar-refractivity contribution in [1.29, 1.82) is 0 Å². The topological polar surface area (TPSA) is 111 Å². The van der Waals surface area contributed by atoms with Crippen molar-refractivity contribution >= 4 is 11.6 Å². The summed E-state index contributed by atoms with van der Waals surface area (Å²) in [6, 6.07) is 7.53. The number of phenolic OH excluding ortho intramolecular Hbond substituents is 1. The third-order valence-corrected chi connectivity index (χ3v) is 3.86. The Kier molecular flexibility index (Phi) is 6.00. The number of carbonyl (C=O) groups is 1. The first-order valence-corrected chi connectivity index (χ1v) is 7.84. The molecule has 2 aromatic rings. The summed E-state index contributed by atoms with van der Waals surface area (Å²) in [5.41, 5.74) is 1.28. The summed E-state index contributed by atoms with van der Waals surface area (Å²) in [6.45, 7) is 1.96. The van der Waals surface area contributed by atoms with Crippen LogP contribution in [0.1, 0.15) is 21.5 Å². The summed E-state index contributed by atoms with van der Waals surface area (Å²) in [4.78, 5) is 23.0. The second kappa shape index (κ2) is 8.19. The zero-order chi connectivity index (χ0) is 19.3. The number of ether oxygens (including phenoxy) is 2. The average molecular weight is 360 g/mol. The average Bonchev–Trinajstić information content (AvgIpc) is 2.62. The van der Waals surface area contributed by atoms with Gasteiger partial charge in [-0.1, -0.05) is 11.6 Å². The van der Waals surface area contributed by atoms with Crippen LogP contribution in [0.4, 0.5) is 5.69 Å². The van der Waals surface area contributed by atoms with E-state index < -0.39 is 10.8 Å². The van der Waals surface area contributed by atoms with Gasteiger partial charge in [-0.25, -0.2) is 0 Å². The molecule has 0 fully saturated rings. The molecule has 0 spiro atoms. The maximum absolute atomic E-state index is 12.2. The van der Waals surface area contributed by atoms with E-state index in [9.17, 15) is 20.0 Å². The Labute approximate surface area is 150 Å². The fourth-order valence-corrected chi connectivity index (χ4v) is 2.52. The van der Waals surface area contributed by atoms with E-state index in [1.165, 1.54) is 32.4 Å². The van der Waals surface area contributed by atoms with Crippen LogP contribution in [-0.4, -0.2) is 36.7 Å². The van der Waals surface area contributed by atoms with Crippen molar-refractivity contribution in [3.63, 3.8) is 0 Å². The molecule has 0 aromatic heterocycles. The molecule has 2 N–H and O–H groups in total. The molecule has 138 valence electrons. The van der Waals surface area contributed by atoms with Crippen molar-refractivity contribution in [2.75, 3.05) is 20.8 Å². The molecule has 0 aliphatic carbocycles. The maximum Gasteiger partial charge on any atom is 0.276 e. The lowest BCUT2D eigenvalue weighted by Crippen LogP contribution is -2.26. The molecule has 0 unspecified atom stereocenters. The molecule has 8 nitrogen and oxygen atoms in total. The highest BCUT2D eigenvalue weighted by atomic mass is 16.6. The SMILES string of the molecule is COc1cc(CCNC(=O)c2cc(C)ccc2O)c([N+](=O)[O-])cc1OC. The van der Waals surface area contributed by atoms with Gasteiger partial charge in [0, 0.05) is 12.1 Å². The van der Waals surface area contributed by atoms with Gasteiger partial charge in [-0.3, -0.25) is 14.9 Å². The number of nitro benzene ring substituents is 1.